The monoisotopic (exact) mass is 233 g/mol. The van der Waals surface area contributed by atoms with Gasteiger partial charge >= 0.3 is 0 Å². The van der Waals surface area contributed by atoms with E-state index in [0.717, 1.165) is 17.0 Å². The van der Waals surface area contributed by atoms with Gasteiger partial charge in [-0.2, -0.15) is 5.26 Å². The van der Waals surface area contributed by atoms with E-state index in [0.29, 0.717) is 0 Å². The van der Waals surface area contributed by atoms with E-state index < -0.39 is 0 Å². The molecule has 17 heavy (non-hydrogen) atoms. The summed E-state index contributed by atoms with van der Waals surface area (Å²) in [5.74, 6) is 0.601. The predicted octanol–water partition coefficient (Wildman–Crippen LogP) is 1.06. The van der Waals surface area contributed by atoms with Crippen LogP contribution in [0, 0.1) is 18.3 Å². The molecule has 0 aliphatic heterocycles. The predicted molar refractivity (Wildman–Crippen MR) is 64.8 cm³/mol. The quantitative estimate of drug-likeness (QED) is 0.746. The van der Waals surface area contributed by atoms with Gasteiger partial charge in [-0.25, -0.2) is 0 Å². The first-order valence-corrected chi connectivity index (χ1v) is 5.19. The number of ether oxygens (including phenoxy) is 1. The van der Waals surface area contributed by atoms with Gasteiger partial charge in [-0.1, -0.05) is 0 Å². The summed E-state index contributed by atoms with van der Waals surface area (Å²) in [7, 11) is 1.62. The fraction of sp³-hybridized carbons (Fsp3) is 0.333. The Morgan fingerprint density at radius 1 is 1.53 bits per heavy atom. The van der Waals surface area contributed by atoms with Crippen LogP contribution in [-0.2, 0) is 4.79 Å². The van der Waals surface area contributed by atoms with Crippen molar-refractivity contribution in [1.29, 1.82) is 5.26 Å². The van der Waals surface area contributed by atoms with Crippen LogP contribution in [0.1, 0.15) is 5.56 Å². The van der Waals surface area contributed by atoms with E-state index in [-0.39, 0.29) is 19.0 Å². The number of aryl methyl sites for hydroxylation is 1. The number of nitriles is 1. The zero-order chi connectivity index (χ0) is 12.7. The zero-order valence-electron chi connectivity index (χ0n) is 9.91. The topological polar surface area (TPSA) is 74.2 Å². The Morgan fingerprint density at radius 3 is 2.88 bits per heavy atom. The Labute approximate surface area is 100 Å². The second kappa shape index (κ2) is 6.38. The molecule has 1 amide bonds. The number of anilines is 1. The van der Waals surface area contributed by atoms with Gasteiger partial charge in [0.05, 0.1) is 19.7 Å². The third kappa shape index (κ3) is 4.03. The maximum absolute atomic E-state index is 11.2. The number of nitrogens with zero attached hydrogens (tertiary/aromatic N) is 1. The molecule has 0 heterocycles. The summed E-state index contributed by atoms with van der Waals surface area (Å²) in [6, 6.07) is 7.42. The second-order valence-electron chi connectivity index (χ2n) is 3.47. The lowest BCUT2D eigenvalue weighted by Crippen LogP contribution is -2.29. The second-order valence-corrected chi connectivity index (χ2v) is 3.47. The molecule has 5 nitrogen and oxygen atoms in total. The standard InChI is InChI=1S/C12H15N3O2/c1-9-7-10(3-4-11(9)17-2)15-8-12(16)14-6-5-13/h3-4,7,15H,6,8H2,1-2H3,(H,14,16). The highest BCUT2D eigenvalue weighted by atomic mass is 16.5. The minimum atomic E-state index is -0.208. The summed E-state index contributed by atoms with van der Waals surface area (Å²) >= 11 is 0. The number of benzene rings is 1. The zero-order valence-corrected chi connectivity index (χ0v) is 9.91. The van der Waals surface area contributed by atoms with E-state index >= 15 is 0 Å². The molecule has 1 aromatic carbocycles. The van der Waals surface area contributed by atoms with Crippen LogP contribution in [0.15, 0.2) is 18.2 Å². The minimum absolute atomic E-state index is 0.0299. The average molecular weight is 233 g/mol. The highest BCUT2D eigenvalue weighted by Crippen LogP contribution is 2.20. The van der Waals surface area contributed by atoms with Gasteiger partial charge in [-0.15, -0.1) is 0 Å². The van der Waals surface area contributed by atoms with Crippen molar-refractivity contribution in [2.24, 2.45) is 0 Å². The van der Waals surface area contributed by atoms with Gasteiger partial charge in [0.15, 0.2) is 0 Å². The molecule has 0 aromatic heterocycles. The van der Waals surface area contributed by atoms with E-state index in [9.17, 15) is 4.79 Å². The van der Waals surface area contributed by atoms with Crippen molar-refractivity contribution in [2.75, 3.05) is 25.5 Å². The highest BCUT2D eigenvalue weighted by molar-refractivity contribution is 5.80. The van der Waals surface area contributed by atoms with E-state index in [1.54, 1.807) is 7.11 Å². The van der Waals surface area contributed by atoms with Crippen LogP contribution < -0.4 is 15.4 Å². The number of rotatable bonds is 5. The van der Waals surface area contributed by atoms with Gasteiger partial charge in [-0.3, -0.25) is 4.79 Å². The molecule has 0 aliphatic rings. The lowest BCUT2D eigenvalue weighted by Gasteiger charge is -2.09. The largest absolute Gasteiger partial charge is 0.496 e. The SMILES string of the molecule is COc1ccc(NCC(=O)NCC#N)cc1C. The number of amides is 1. The van der Waals surface area contributed by atoms with Crippen molar-refractivity contribution in [3.8, 4) is 11.8 Å². The van der Waals surface area contributed by atoms with Gasteiger partial charge < -0.3 is 15.4 Å². The van der Waals surface area contributed by atoms with E-state index in [2.05, 4.69) is 10.6 Å². The molecule has 5 heteroatoms. The first-order chi connectivity index (χ1) is 8.17. The van der Waals surface area contributed by atoms with Crippen molar-refractivity contribution < 1.29 is 9.53 Å². The molecule has 0 unspecified atom stereocenters. The molecule has 0 saturated heterocycles. The van der Waals surface area contributed by atoms with Crippen LogP contribution in [0.5, 0.6) is 5.75 Å². The Balaban J connectivity index is 2.50. The Hall–Kier alpha value is -2.22. The number of carbonyl (C=O) groups excluding carboxylic acids is 1. The molecular weight excluding hydrogens is 218 g/mol. The molecule has 0 radical (unpaired) electrons. The molecule has 1 rings (SSSR count). The van der Waals surface area contributed by atoms with Crippen LogP contribution in [0.25, 0.3) is 0 Å². The molecule has 1 aromatic rings. The molecule has 0 atom stereocenters. The fourth-order valence-electron chi connectivity index (χ4n) is 1.37. The van der Waals surface area contributed by atoms with E-state index in [1.807, 2.05) is 31.2 Å². The van der Waals surface area contributed by atoms with Crippen LogP contribution in [-0.4, -0.2) is 26.1 Å². The molecule has 90 valence electrons. The first kappa shape index (κ1) is 12.8. The number of hydrogen-bond donors (Lipinski definition) is 2. The average Bonchev–Trinajstić information content (AvgIpc) is 2.34. The van der Waals surface area contributed by atoms with Crippen molar-refractivity contribution in [1.82, 2.24) is 5.32 Å². The third-order valence-corrected chi connectivity index (χ3v) is 2.21. The van der Waals surface area contributed by atoms with Crippen molar-refractivity contribution in [2.45, 2.75) is 6.92 Å². The third-order valence-electron chi connectivity index (χ3n) is 2.21. The Morgan fingerprint density at radius 2 is 2.29 bits per heavy atom. The summed E-state index contributed by atoms with van der Waals surface area (Å²) in [5.41, 5.74) is 1.84. The van der Waals surface area contributed by atoms with Crippen LogP contribution in [0.2, 0.25) is 0 Å². The highest BCUT2D eigenvalue weighted by Gasteiger charge is 2.02. The maximum Gasteiger partial charge on any atom is 0.240 e. The number of hydrogen-bond acceptors (Lipinski definition) is 4. The molecule has 0 fully saturated rings. The Bertz CT molecular complexity index is 438. The van der Waals surface area contributed by atoms with Crippen LogP contribution >= 0.6 is 0 Å². The summed E-state index contributed by atoms with van der Waals surface area (Å²) < 4.78 is 5.14. The van der Waals surface area contributed by atoms with Crippen molar-refractivity contribution in [3.63, 3.8) is 0 Å². The van der Waals surface area contributed by atoms with Gasteiger partial charge in [-0.05, 0) is 30.7 Å². The van der Waals surface area contributed by atoms with Crippen molar-refractivity contribution >= 4 is 11.6 Å². The number of methoxy groups -OCH3 is 1. The normalized spacial score (nSPS) is 9.24. The smallest absolute Gasteiger partial charge is 0.240 e. The fourth-order valence-corrected chi connectivity index (χ4v) is 1.37. The lowest BCUT2D eigenvalue weighted by atomic mass is 10.2. The maximum atomic E-state index is 11.2. The minimum Gasteiger partial charge on any atom is -0.496 e. The van der Waals surface area contributed by atoms with Gasteiger partial charge in [0, 0.05) is 5.69 Å². The van der Waals surface area contributed by atoms with E-state index in [1.165, 1.54) is 0 Å². The summed E-state index contributed by atoms with van der Waals surface area (Å²) in [6.07, 6.45) is 0. The summed E-state index contributed by atoms with van der Waals surface area (Å²) in [4.78, 5) is 11.2. The number of carbonyl (C=O) groups is 1. The molecular formula is C12H15N3O2. The molecule has 0 aliphatic carbocycles. The van der Waals surface area contributed by atoms with Gasteiger partial charge in [0.2, 0.25) is 5.91 Å². The number of nitrogens with one attached hydrogen (secondary N) is 2. The van der Waals surface area contributed by atoms with E-state index in [4.69, 9.17) is 10.00 Å². The molecule has 0 spiro atoms. The van der Waals surface area contributed by atoms with Gasteiger partial charge in [0.1, 0.15) is 12.3 Å². The van der Waals surface area contributed by atoms with Crippen LogP contribution in [0.3, 0.4) is 0 Å². The molecule has 2 N–H and O–H groups in total. The van der Waals surface area contributed by atoms with Crippen molar-refractivity contribution in [3.05, 3.63) is 23.8 Å². The first-order valence-electron chi connectivity index (χ1n) is 5.19. The molecule has 0 saturated carbocycles. The summed E-state index contributed by atoms with van der Waals surface area (Å²) in [5, 5.41) is 13.7. The van der Waals surface area contributed by atoms with Crippen LogP contribution in [0.4, 0.5) is 5.69 Å². The summed E-state index contributed by atoms with van der Waals surface area (Å²) in [6.45, 7) is 2.11. The molecule has 0 bridgehead atoms. The Kier molecular flexibility index (Phi) is 4.82. The lowest BCUT2D eigenvalue weighted by molar-refractivity contribution is -0.119. The van der Waals surface area contributed by atoms with Gasteiger partial charge in [0.25, 0.3) is 0 Å².